The fourth-order valence-electron chi connectivity index (χ4n) is 2.89. The summed E-state index contributed by atoms with van der Waals surface area (Å²) in [7, 11) is 0. The summed E-state index contributed by atoms with van der Waals surface area (Å²) >= 11 is 0. The van der Waals surface area contributed by atoms with Crippen LogP contribution >= 0.6 is 0 Å². The number of carbonyl (C=O) groups excluding carboxylic acids is 2. The summed E-state index contributed by atoms with van der Waals surface area (Å²) in [4.78, 5) is 23.7. The van der Waals surface area contributed by atoms with Gasteiger partial charge in [-0.1, -0.05) is 121 Å². The summed E-state index contributed by atoms with van der Waals surface area (Å²) in [5.41, 5.74) is 2.62. The number of rotatable bonds is 5. The van der Waals surface area contributed by atoms with Gasteiger partial charge in [0.1, 0.15) is 6.10 Å². The van der Waals surface area contributed by atoms with E-state index < -0.39 is 6.10 Å². The number of aliphatic hydroxyl groups is 1. The molecule has 0 heterocycles. The molecule has 1 N–H and O–H groups in total. The molecule has 3 heteroatoms. The lowest BCUT2D eigenvalue weighted by Crippen LogP contribution is -2.11. The number of carbonyl (C=O) groups is 2. The van der Waals surface area contributed by atoms with Crippen LogP contribution in [0, 0.1) is 0 Å². The Kier molecular flexibility index (Phi) is 7.42. The fraction of sp³-hybridized carbons (Fsp3) is 0.0370. The zero-order valence-corrected chi connectivity index (χ0v) is 16.4. The van der Waals surface area contributed by atoms with E-state index in [2.05, 4.69) is 0 Å². The van der Waals surface area contributed by atoms with Crippen LogP contribution in [0.1, 0.15) is 37.9 Å². The Morgan fingerprint density at radius 2 is 0.833 bits per heavy atom. The van der Waals surface area contributed by atoms with Crippen molar-refractivity contribution in [1.29, 1.82) is 0 Å². The van der Waals surface area contributed by atoms with E-state index in [1.54, 1.807) is 48.5 Å². The molecule has 0 amide bonds. The van der Waals surface area contributed by atoms with Gasteiger partial charge in [0.25, 0.3) is 0 Å². The Hall–Kier alpha value is -3.82. The lowest BCUT2D eigenvalue weighted by molar-refractivity contribution is 0.0747. The zero-order chi connectivity index (χ0) is 21.2. The van der Waals surface area contributed by atoms with Gasteiger partial charge in [0.15, 0.2) is 11.6 Å². The van der Waals surface area contributed by atoms with Gasteiger partial charge in [-0.25, -0.2) is 0 Å². The highest BCUT2D eigenvalue weighted by Crippen LogP contribution is 2.17. The van der Waals surface area contributed by atoms with Crippen molar-refractivity contribution in [3.8, 4) is 0 Å². The molecule has 0 radical (unpaired) electrons. The third-order valence-electron chi connectivity index (χ3n) is 4.49. The van der Waals surface area contributed by atoms with Crippen molar-refractivity contribution >= 4 is 11.6 Å². The Morgan fingerprint density at radius 3 is 1.23 bits per heavy atom. The number of aliphatic hydroxyl groups excluding tert-OH is 1. The molecular weight excluding hydrogens is 372 g/mol. The van der Waals surface area contributed by atoms with Crippen LogP contribution in [0.25, 0.3) is 0 Å². The number of hydrogen-bond donors (Lipinski definition) is 1. The second-order valence-corrected chi connectivity index (χ2v) is 6.60. The second kappa shape index (κ2) is 10.6. The standard InChI is InChI=1S/C14H12O2.C13H10O/c15-13(11-7-3-1-4-8-11)14(16)12-9-5-2-6-10-12;14-13(11-7-3-1-4-8-11)12-9-5-2-6-10-12/h1-10,13,15H;1-10H. The van der Waals surface area contributed by atoms with Gasteiger partial charge in [-0.15, -0.1) is 0 Å². The highest BCUT2D eigenvalue weighted by atomic mass is 16.3. The van der Waals surface area contributed by atoms with Crippen molar-refractivity contribution in [3.05, 3.63) is 144 Å². The van der Waals surface area contributed by atoms with Gasteiger partial charge in [0.2, 0.25) is 0 Å². The number of hydrogen-bond acceptors (Lipinski definition) is 3. The Balaban J connectivity index is 0.000000172. The van der Waals surface area contributed by atoms with Gasteiger partial charge in [0.05, 0.1) is 0 Å². The van der Waals surface area contributed by atoms with E-state index in [0.717, 1.165) is 11.1 Å². The van der Waals surface area contributed by atoms with Gasteiger partial charge in [-0.05, 0) is 5.56 Å². The first-order chi connectivity index (χ1) is 14.7. The summed E-state index contributed by atoms with van der Waals surface area (Å²) in [6, 6.07) is 36.4. The van der Waals surface area contributed by atoms with Crippen molar-refractivity contribution in [2.75, 3.05) is 0 Å². The van der Waals surface area contributed by atoms with Crippen LogP contribution < -0.4 is 0 Å². The molecule has 1 atom stereocenters. The van der Waals surface area contributed by atoms with Gasteiger partial charge in [-0.3, -0.25) is 9.59 Å². The van der Waals surface area contributed by atoms with Crippen LogP contribution in [-0.4, -0.2) is 16.7 Å². The summed E-state index contributed by atoms with van der Waals surface area (Å²) in [5, 5.41) is 9.89. The Morgan fingerprint density at radius 1 is 0.500 bits per heavy atom. The maximum atomic E-state index is 11.9. The molecule has 0 bridgehead atoms. The van der Waals surface area contributed by atoms with Crippen LogP contribution in [0.3, 0.4) is 0 Å². The molecule has 4 rings (SSSR count). The minimum atomic E-state index is -1.08. The predicted octanol–water partition coefficient (Wildman–Crippen LogP) is 5.52. The predicted molar refractivity (Wildman–Crippen MR) is 118 cm³/mol. The highest BCUT2D eigenvalue weighted by molar-refractivity contribution is 6.08. The molecule has 1 unspecified atom stereocenters. The molecule has 30 heavy (non-hydrogen) atoms. The molecule has 0 aromatic heterocycles. The van der Waals surface area contributed by atoms with E-state index in [-0.39, 0.29) is 11.6 Å². The van der Waals surface area contributed by atoms with E-state index in [9.17, 15) is 14.7 Å². The number of ketones is 2. The van der Waals surface area contributed by atoms with E-state index in [0.29, 0.717) is 11.1 Å². The third-order valence-corrected chi connectivity index (χ3v) is 4.49. The quantitative estimate of drug-likeness (QED) is 0.454. The maximum Gasteiger partial charge on any atom is 0.195 e. The third kappa shape index (κ3) is 5.60. The van der Waals surface area contributed by atoms with Gasteiger partial charge >= 0.3 is 0 Å². The van der Waals surface area contributed by atoms with Gasteiger partial charge < -0.3 is 5.11 Å². The summed E-state index contributed by atoms with van der Waals surface area (Å²) in [5.74, 6) is -0.196. The van der Waals surface area contributed by atoms with Crippen LogP contribution in [0.2, 0.25) is 0 Å². The molecular formula is C27H22O3. The fourth-order valence-corrected chi connectivity index (χ4v) is 2.89. The van der Waals surface area contributed by atoms with Crippen LogP contribution in [0.4, 0.5) is 0 Å². The first kappa shape index (κ1) is 20.9. The van der Waals surface area contributed by atoms with E-state index in [1.165, 1.54) is 0 Å². The van der Waals surface area contributed by atoms with E-state index in [1.807, 2.05) is 72.8 Å². The molecule has 0 fully saturated rings. The minimum absolute atomic E-state index is 0.0752. The molecule has 0 saturated heterocycles. The average molecular weight is 394 g/mol. The lowest BCUT2D eigenvalue weighted by atomic mass is 10.0. The van der Waals surface area contributed by atoms with Crippen LogP contribution in [0.15, 0.2) is 121 Å². The molecule has 0 aliphatic rings. The molecule has 0 saturated carbocycles. The van der Waals surface area contributed by atoms with Crippen molar-refractivity contribution in [3.63, 3.8) is 0 Å². The van der Waals surface area contributed by atoms with E-state index >= 15 is 0 Å². The topological polar surface area (TPSA) is 54.4 Å². The monoisotopic (exact) mass is 394 g/mol. The summed E-state index contributed by atoms with van der Waals surface area (Å²) in [6.45, 7) is 0. The molecule has 148 valence electrons. The average Bonchev–Trinajstić information content (AvgIpc) is 2.85. The zero-order valence-electron chi connectivity index (χ0n) is 16.4. The first-order valence-corrected chi connectivity index (χ1v) is 9.64. The summed E-state index contributed by atoms with van der Waals surface area (Å²) in [6.07, 6.45) is -1.08. The first-order valence-electron chi connectivity index (χ1n) is 9.64. The SMILES string of the molecule is O=C(c1ccccc1)C(O)c1ccccc1.O=C(c1ccccc1)c1ccccc1. The Bertz CT molecular complexity index is 1020. The Labute approximate surface area is 176 Å². The normalized spacial score (nSPS) is 11.0. The summed E-state index contributed by atoms with van der Waals surface area (Å²) < 4.78 is 0. The largest absolute Gasteiger partial charge is 0.380 e. The van der Waals surface area contributed by atoms with Crippen molar-refractivity contribution < 1.29 is 14.7 Å². The second-order valence-electron chi connectivity index (χ2n) is 6.60. The molecule has 0 spiro atoms. The molecule has 4 aromatic rings. The number of Topliss-reactive ketones (excluding diaryl/α,β-unsaturated/α-hetero) is 1. The van der Waals surface area contributed by atoms with Crippen molar-refractivity contribution in [2.45, 2.75) is 6.10 Å². The smallest absolute Gasteiger partial charge is 0.195 e. The van der Waals surface area contributed by atoms with E-state index in [4.69, 9.17) is 0 Å². The van der Waals surface area contributed by atoms with Crippen molar-refractivity contribution in [2.24, 2.45) is 0 Å². The number of benzene rings is 4. The maximum absolute atomic E-state index is 11.9. The highest BCUT2D eigenvalue weighted by Gasteiger charge is 2.18. The molecule has 0 aliphatic heterocycles. The van der Waals surface area contributed by atoms with Gasteiger partial charge in [-0.2, -0.15) is 0 Å². The molecule has 0 aliphatic carbocycles. The van der Waals surface area contributed by atoms with Gasteiger partial charge in [0, 0.05) is 16.7 Å². The molecule has 3 nitrogen and oxygen atoms in total. The minimum Gasteiger partial charge on any atom is -0.380 e. The molecule has 4 aromatic carbocycles. The lowest BCUT2D eigenvalue weighted by Gasteiger charge is -2.09. The van der Waals surface area contributed by atoms with Crippen LogP contribution in [0.5, 0.6) is 0 Å². The van der Waals surface area contributed by atoms with Crippen LogP contribution in [-0.2, 0) is 0 Å². The van der Waals surface area contributed by atoms with Crippen molar-refractivity contribution in [1.82, 2.24) is 0 Å².